The Hall–Kier alpha value is -3.23. The van der Waals surface area contributed by atoms with Crippen LogP contribution in [0.5, 0.6) is 11.5 Å². The second kappa shape index (κ2) is 18.2. The molecule has 0 aliphatic carbocycles. The molecule has 13 heteroatoms. The summed E-state index contributed by atoms with van der Waals surface area (Å²) in [5, 5.41) is 37.8. The highest BCUT2D eigenvalue weighted by Gasteiger charge is 2.22. The van der Waals surface area contributed by atoms with E-state index in [0.29, 0.717) is 34.6 Å². The van der Waals surface area contributed by atoms with Crippen molar-refractivity contribution >= 4 is 44.4 Å². The molecule has 3 heterocycles. The molecule has 2 aliphatic heterocycles. The van der Waals surface area contributed by atoms with Crippen molar-refractivity contribution in [3.63, 3.8) is 0 Å². The number of unbranched alkanes of at least 4 members (excludes halogenated alkanes) is 1. The third-order valence-electron chi connectivity index (χ3n) is 10.2. The fourth-order valence-corrected chi connectivity index (χ4v) is 7.88. The molecule has 6 rings (SSSR count). The van der Waals surface area contributed by atoms with E-state index in [0.717, 1.165) is 103 Å². The van der Waals surface area contributed by atoms with Crippen molar-refractivity contribution in [1.82, 2.24) is 24.9 Å². The number of carboxylic acids is 1. The number of halogens is 2. The van der Waals surface area contributed by atoms with Crippen LogP contribution in [0.25, 0.3) is 22.0 Å². The Morgan fingerprint density at radius 1 is 1.02 bits per heavy atom. The number of fused-ring (bicyclic) bond motifs is 1. The maximum absolute atomic E-state index is 11.5. The number of β-amino-alcohol motifs (C(OH)–C–C–N with tert-alkyl or cyclic N) is 1. The number of aliphatic carboxylic acids is 1. The molecule has 1 aromatic heterocycles. The zero-order valence-electron chi connectivity index (χ0n) is 29.6. The first-order valence-corrected chi connectivity index (χ1v) is 19.3. The third kappa shape index (κ3) is 9.65. The van der Waals surface area contributed by atoms with E-state index in [1.807, 2.05) is 18.3 Å². The molecule has 52 heavy (non-hydrogen) atoms. The van der Waals surface area contributed by atoms with Crippen molar-refractivity contribution in [2.75, 3.05) is 53.0 Å². The molecule has 2 fully saturated rings. The van der Waals surface area contributed by atoms with E-state index in [2.05, 4.69) is 67.0 Å². The summed E-state index contributed by atoms with van der Waals surface area (Å²) in [7, 11) is 2.12. The van der Waals surface area contributed by atoms with Crippen molar-refractivity contribution < 1.29 is 29.6 Å². The monoisotopic (exact) mass is 797 g/mol. The van der Waals surface area contributed by atoms with Crippen LogP contribution < -0.4 is 14.8 Å². The maximum Gasteiger partial charge on any atom is 0.323 e. The molecule has 0 unspecified atom stereocenters. The van der Waals surface area contributed by atoms with Crippen molar-refractivity contribution in [1.29, 1.82) is 0 Å². The average molecular weight is 799 g/mol. The first kappa shape index (κ1) is 38.5. The van der Waals surface area contributed by atoms with Gasteiger partial charge in [-0.1, -0.05) is 41.9 Å². The minimum absolute atomic E-state index is 0.152. The normalized spacial score (nSPS) is 17.9. The summed E-state index contributed by atoms with van der Waals surface area (Å²) in [6, 6.07) is 14.8. The quantitative estimate of drug-likeness (QED) is 0.0973. The van der Waals surface area contributed by atoms with Gasteiger partial charge in [0.05, 0.1) is 36.1 Å². The fourth-order valence-electron chi connectivity index (χ4n) is 7.04. The summed E-state index contributed by atoms with van der Waals surface area (Å²) >= 11 is 10.6. The van der Waals surface area contributed by atoms with Gasteiger partial charge < -0.3 is 34.6 Å². The highest BCUT2D eigenvalue weighted by Crippen LogP contribution is 2.38. The number of nitrogens with one attached hydrogen (secondary N) is 1. The van der Waals surface area contributed by atoms with Crippen LogP contribution in [0.2, 0.25) is 5.02 Å². The summed E-state index contributed by atoms with van der Waals surface area (Å²) in [5.41, 5.74) is 4.83. The predicted molar refractivity (Wildman–Crippen MR) is 206 cm³/mol. The van der Waals surface area contributed by atoms with Gasteiger partial charge in [-0.2, -0.15) is 5.10 Å². The number of aromatic nitrogens is 2. The summed E-state index contributed by atoms with van der Waals surface area (Å²) in [5.74, 6) is 0.306. The lowest BCUT2D eigenvalue weighted by Gasteiger charge is -2.29. The van der Waals surface area contributed by atoms with Crippen LogP contribution >= 0.6 is 27.5 Å². The second-order valence-electron chi connectivity index (χ2n) is 14.0. The number of likely N-dealkylation sites (tertiary alicyclic amines) is 2. The first-order valence-electron chi connectivity index (χ1n) is 18.2. The Kier molecular flexibility index (Phi) is 13.5. The third-order valence-corrected chi connectivity index (χ3v) is 11.5. The van der Waals surface area contributed by atoms with Crippen molar-refractivity contribution in [3.05, 3.63) is 75.4 Å². The Bertz CT molecular complexity index is 1820. The van der Waals surface area contributed by atoms with Gasteiger partial charge in [0.1, 0.15) is 24.1 Å². The van der Waals surface area contributed by atoms with Crippen LogP contribution in [0.1, 0.15) is 43.2 Å². The molecule has 280 valence electrons. The number of aliphatic hydroxyl groups excluding tert-OH is 2. The molecular formula is C39H49BrClN5O6. The Balaban J connectivity index is 1.15. The molecule has 0 saturated carbocycles. The molecule has 3 aromatic carbocycles. The first-order chi connectivity index (χ1) is 25.2. The number of ether oxygens (including phenoxy) is 2. The van der Waals surface area contributed by atoms with E-state index >= 15 is 0 Å². The van der Waals surface area contributed by atoms with E-state index in [4.69, 9.17) is 26.2 Å². The number of nitrogens with zero attached hydrogens (tertiary/aromatic N) is 4. The maximum atomic E-state index is 11.5. The molecule has 0 amide bonds. The highest BCUT2D eigenvalue weighted by molar-refractivity contribution is 9.10. The average Bonchev–Trinajstić information content (AvgIpc) is 3.76. The Labute approximate surface area is 318 Å². The van der Waals surface area contributed by atoms with E-state index in [1.165, 1.54) is 0 Å². The van der Waals surface area contributed by atoms with Crippen molar-refractivity contribution in [3.8, 4) is 22.6 Å². The highest BCUT2D eigenvalue weighted by atomic mass is 79.9. The lowest BCUT2D eigenvalue weighted by Crippen LogP contribution is -2.39. The summed E-state index contributed by atoms with van der Waals surface area (Å²) in [6.45, 7) is 6.02. The van der Waals surface area contributed by atoms with E-state index in [1.54, 1.807) is 12.1 Å². The van der Waals surface area contributed by atoms with Gasteiger partial charge in [-0.15, -0.1) is 0 Å². The fraction of sp³-hybridized carbons (Fsp3) is 0.487. The Morgan fingerprint density at radius 2 is 1.79 bits per heavy atom. The van der Waals surface area contributed by atoms with Gasteiger partial charge in [-0.25, -0.2) is 0 Å². The predicted octanol–water partition coefficient (Wildman–Crippen LogP) is 5.80. The van der Waals surface area contributed by atoms with Gasteiger partial charge in [-0.05, 0) is 104 Å². The smallest absolute Gasteiger partial charge is 0.323 e. The number of aliphatic hydroxyl groups is 2. The number of benzene rings is 3. The SMILES string of the molecule is CN1CCC(COc2cc(OCc3cccc(-c4cccc5c4cnn5CCCCN4CC[C@@H](O)C4)c3Br)c(Cl)cc2CN[C@@H](CO)C(=O)O)CC1. The van der Waals surface area contributed by atoms with Gasteiger partial charge in [0, 0.05) is 53.2 Å². The second-order valence-corrected chi connectivity index (χ2v) is 15.2. The van der Waals surface area contributed by atoms with Gasteiger partial charge in [0.2, 0.25) is 0 Å². The molecule has 11 nitrogen and oxygen atoms in total. The van der Waals surface area contributed by atoms with Gasteiger partial charge >= 0.3 is 5.97 Å². The van der Waals surface area contributed by atoms with E-state index < -0.39 is 18.6 Å². The van der Waals surface area contributed by atoms with Crippen LogP contribution in [0.3, 0.4) is 0 Å². The molecule has 0 bridgehead atoms. The number of hydrogen-bond donors (Lipinski definition) is 4. The van der Waals surface area contributed by atoms with Gasteiger partial charge in [0.15, 0.2) is 0 Å². The standard InChI is InChI=1S/C39H49BrClN5O6/c1-44-15-10-26(11-16-44)24-51-36-19-37(33(41)18-28(36)20-42-34(23-47)39(49)50)52-25-27-6-4-8-31(38(27)40)30-7-5-9-35-32(30)21-43-46(35)14-3-2-13-45-17-12-29(48)22-45/h4-9,18-19,21,26,29,34,42,47-48H,2-3,10-17,20,22-25H2,1H3,(H,49,50)/t29-,34+/m1/s1. The van der Waals surface area contributed by atoms with Gasteiger partial charge in [-0.3, -0.25) is 14.8 Å². The molecule has 4 N–H and O–H groups in total. The van der Waals surface area contributed by atoms with Crippen LogP contribution in [0, 0.1) is 5.92 Å². The lowest BCUT2D eigenvalue weighted by molar-refractivity contribution is -0.140. The van der Waals surface area contributed by atoms with Crippen LogP contribution in [-0.2, 0) is 24.5 Å². The molecule has 4 aromatic rings. The number of hydrogen-bond acceptors (Lipinski definition) is 9. The largest absolute Gasteiger partial charge is 0.493 e. The molecule has 0 radical (unpaired) electrons. The number of rotatable bonds is 17. The van der Waals surface area contributed by atoms with Crippen LogP contribution in [0.15, 0.2) is 59.2 Å². The van der Waals surface area contributed by atoms with Crippen LogP contribution in [0.4, 0.5) is 0 Å². The zero-order chi connectivity index (χ0) is 36.6. The van der Waals surface area contributed by atoms with Crippen molar-refractivity contribution in [2.45, 2.75) is 63.9 Å². The zero-order valence-corrected chi connectivity index (χ0v) is 32.0. The van der Waals surface area contributed by atoms with Gasteiger partial charge in [0.25, 0.3) is 0 Å². The number of aryl methyl sites for hydroxylation is 1. The molecule has 0 spiro atoms. The topological polar surface area (TPSA) is 133 Å². The molecule has 2 aliphatic rings. The number of piperidine rings is 1. The summed E-state index contributed by atoms with van der Waals surface area (Å²) in [6.07, 6.45) is 6.78. The summed E-state index contributed by atoms with van der Waals surface area (Å²) in [4.78, 5) is 16.2. The minimum atomic E-state index is -1.13. The van der Waals surface area contributed by atoms with Crippen LogP contribution in [-0.4, -0.2) is 106 Å². The van der Waals surface area contributed by atoms with E-state index in [-0.39, 0.29) is 19.3 Å². The van der Waals surface area contributed by atoms with Crippen molar-refractivity contribution in [2.24, 2.45) is 5.92 Å². The number of carboxylic acid groups (broad SMARTS) is 1. The summed E-state index contributed by atoms with van der Waals surface area (Å²) < 4.78 is 15.7. The number of carbonyl (C=O) groups is 1. The minimum Gasteiger partial charge on any atom is -0.493 e. The molecule has 2 atom stereocenters. The molecule has 2 saturated heterocycles. The Morgan fingerprint density at radius 3 is 2.54 bits per heavy atom. The molecular weight excluding hydrogens is 750 g/mol. The lowest BCUT2D eigenvalue weighted by atomic mass is 9.98. The van der Waals surface area contributed by atoms with E-state index in [9.17, 15) is 20.1 Å².